The summed E-state index contributed by atoms with van der Waals surface area (Å²) in [4.78, 5) is 12.7. The lowest BCUT2D eigenvalue weighted by molar-refractivity contribution is 0.102. The zero-order valence-corrected chi connectivity index (χ0v) is 19.5. The summed E-state index contributed by atoms with van der Waals surface area (Å²) in [6.07, 6.45) is 0. The van der Waals surface area contributed by atoms with Crippen molar-refractivity contribution in [1.82, 2.24) is 10.2 Å². The van der Waals surface area contributed by atoms with Crippen molar-refractivity contribution in [2.75, 3.05) is 15.8 Å². The lowest BCUT2D eigenvalue weighted by Crippen LogP contribution is -2.17. The van der Waals surface area contributed by atoms with Gasteiger partial charge >= 0.3 is 0 Å². The summed E-state index contributed by atoms with van der Waals surface area (Å²) in [5.74, 6) is 0.414. The van der Waals surface area contributed by atoms with Crippen molar-refractivity contribution in [2.45, 2.75) is 36.9 Å². The molecule has 0 spiro atoms. The van der Waals surface area contributed by atoms with Gasteiger partial charge in [0.15, 0.2) is 4.34 Å². The molecule has 0 aliphatic heterocycles. The van der Waals surface area contributed by atoms with Gasteiger partial charge in [-0.15, -0.1) is 10.2 Å². The molecule has 0 bridgehead atoms. The second kappa shape index (κ2) is 9.15. The number of hydrogen-bond donors (Lipinski definition) is 2. The van der Waals surface area contributed by atoms with Crippen LogP contribution in [0.1, 0.15) is 34.0 Å². The maximum Gasteiger partial charge on any atom is 0.262 e. The van der Waals surface area contributed by atoms with Gasteiger partial charge in [0, 0.05) is 5.56 Å². The third kappa shape index (κ3) is 5.00. The molecule has 1 amide bonds. The Hall–Kier alpha value is -2.43. The van der Waals surface area contributed by atoms with Gasteiger partial charge in [0.25, 0.3) is 15.9 Å². The molecule has 10 heteroatoms. The van der Waals surface area contributed by atoms with Crippen molar-refractivity contribution < 1.29 is 13.2 Å². The Morgan fingerprint density at radius 3 is 2.60 bits per heavy atom. The normalized spacial score (nSPS) is 11.3. The number of anilines is 2. The Morgan fingerprint density at radius 1 is 1.10 bits per heavy atom. The monoisotopic (exact) mass is 462 g/mol. The van der Waals surface area contributed by atoms with Crippen LogP contribution in [-0.4, -0.2) is 30.3 Å². The van der Waals surface area contributed by atoms with E-state index >= 15 is 0 Å². The van der Waals surface area contributed by atoms with Gasteiger partial charge in [-0.05, 0) is 61.4 Å². The number of aromatic nitrogens is 2. The van der Waals surface area contributed by atoms with Gasteiger partial charge in [-0.1, -0.05) is 48.2 Å². The molecule has 1 aromatic heterocycles. The van der Waals surface area contributed by atoms with E-state index in [0.29, 0.717) is 16.4 Å². The van der Waals surface area contributed by atoms with E-state index in [4.69, 9.17) is 0 Å². The average Bonchev–Trinajstić information content (AvgIpc) is 3.12. The molecule has 0 aliphatic carbocycles. The summed E-state index contributed by atoms with van der Waals surface area (Å²) in [5, 5.41) is 11.0. The predicted octanol–water partition coefficient (Wildman–Crippen LogP) is 4.63. The molecule has 0 fully saturated rings. The van der Waals surface area contributed by atoms with Crippen LogP contribution >= 0.6 is 23.1 Å². The second-order valence-electron chi connectivity index (χ2n) is 6.59. The Bertz CT molecular complexity index is 1190. The lowest BCUT2D eigenvalue weighted by Gasteiger charge is -2.14. The fourth-order valence-corrected chi connectivity index (χ4v) is 5.74. The number of amides is 1. The molecule has 0 unspecified atom stereocenters. The fraction of sp³-hybridized carbons (Fsp3) is 0.250. The summed E-state index contributed by atoms with van der Waals surface area (Å²) in [6, 6.07) is 10.0. The first-order chi connectivity index (χ1) is 14.2. The lowest BCUT2D eigenvalue weighted by atomic mass is 10.1. The summed E-state index contributed by atoms with van der Waals surface area (Å²) in [6.45, 7) is 7.47. The van der Waals surface area contributed by atoms with Gasteiger partial charge < -0.3 is 0 Å². The number of thioether (sulfide) groups is 1. The first-order valence-corrected chi connectivity index (χ1v) is 12.5. The van der Waals surface area contributed by atoms with Gasteiger partial charge in [0.2, 0.25) is 5.13 Å². The van der Waals surface area contributed by atoms with E-state index in [2.05, 4.69) is 20.2 Å². The fourth-order valence-electron chi connectivity index (χ4n) is 2.70. The summed E-state index contributed by atoms with van der Waals surface area (Å²) in [7, 11) is -3.87. The first kappa shape index (κ1) is 22.3. The molecule has 1 heterocycles. The maximum absolute atomic E-state index is 13.0. The summed E-state index contributed by atoms with van der Waals surface area (Å²) < 4.78 is 29.5. The van der Waals surface area contributed by atoms with E-state index in [-0.39, 0.29) is 10.5 Å². The molecular weight excluding hydrogens is 440 g/mol. The number of aryl methyl sites for hydroxylation is 2. The summed E-state index contributed by atoms with van der Waals surface area (Å²) in [5.41, 5.74) is 3.12. The zero-order valence-electron chi connectivity index (χ0n) is 17.0. The minimum atomic E-state index is -3.87. The molecule has 0 saturated carbocycles. The van der Waals surface area contributed by atoms with Crippen LogP contribution in [0.2, 0.25) is 0 Å². The molecule has 0 radical (unpaired) electrons. The number of carbonyl (C=O) groups excluding carboxylic acids is 1. The van der Waals surface area contributed by atoms with Gasteiger partial charge in [0.05, 0.1) is 10.6 Å². The Kier molecular flexibility index (Phi) is 6.79. The number of sulfonamides is 1. The number of benzene rings is 2. The van der Waals surface area contributed by atoms with Crippen LogP contribution in [0.3, 0.4) is 0 Å². The minimum absolute atomic E-state index is 0.0514. The van der Waals surface area contributed by atoms with E-state index < -0.39 is 15.9 Å². The minimum Gasteiger partial charge on any atom is -0.296 e. The number of rotatable bonds is 7. The molecular formula is C20H22N4O3S3. The SMILES string of the molecule is CCSc1nnc(NC(=O)c2ccc(C)c(S(=O)(=O)Nc3cccc(C)c3C)c2)s1. The van der Waals surface area contributed by atoms with Crippen molar-refractivity contribution in [1.29, 1.82) is 0 Å². The third-order valence-electron chi connectivity index (χ3n) is 4.48. The van der Waals surface area contributed by atoms with Crippen LogP contribution < -0.4 is 10.0 Å². The standard InChI is InChI=1S/C20H22N4O3S3/c1-5-28-20-23-22-19(29-20)21-18(25)15-10-9-13(3)17(11-15)30(26,27)24-16-8-6-7-12(2)14(16)4/h6-11,24H,5H2,1-4H3,(H,21,22,25). The smallest absolute Gasteiger partial charge is 0.262 e. The van der Waals surface area contributed by atoms with Crippen LogP contribution in [0.15, 0.2) is 45.6 Å². The predicted molar refractivity (Wildman–Crippen MR) is 122 cm³/mol. The average molecular weight is 463 g/mol. The highest BCUT2D eigenvalue weighted by molar-refractivity contribution is 8.01. The molecule has 2 N–H and O–H groups in total. The molecule has 7 nitrogen and oxygen atoms in total. The highest BCUT2D eigenvalue weighted by atomic mass is 32.2. The van der Waals surface area contributed by atoms with Crippen molar-refractivity contribution >= 4 is 49.8 Å². The largest absolute Gasteiger partial charge is 0.296 e. The number of nitrogens with one attached hydrogen (secondary N) is 2. The van der Waals surface area contributed by atoms with Crippen molar-refractivity contribution in [2.24, 2.45) is 0 Å². The van der Waals surface area contributed by atoms with Crippen LogP contribution in [0.25, 0.3) is 0 Å². The van der Waals surface area contributed by atoms with Crippen LogP contribution in [0, 0.1) is 20.8 Å². The number of nitrogens with zero attached hydrogens (tertiary/aromatic N) is 2. The van der Waals surface area contributed by atoms with Crippen molar-refractivity contribution in [3.8, 4) is 0 Å². The molecule has 3 aromatic rings. The zero-order chi connectivity index (χ0) is 21.9. The van der Waals surface area contributed by atoms with Gasteiger partial charge in [-0.25, -0.2) is 8.42 Å². The van der Waals surface area contributed by atoms with E-state index in [1.54, 1.807) is 31.2 Å². The van der Waals surface area contributed by atoms with Gasteiger partial charge in [-0.2, -0.15) is 0 Å². The third-order valence-corrected chi connectivity index (χ3v) is 7.85. The molecule has 2 aromatic carbocycles. The van der Waals surface area contributed by atoms with E-state index in [1.165, 1.54) is 29.2 Å². The van der Waals surface area contributed by atoms with E-state index in [1.807, 2.05) is 26.8 Å². The molecule has 3 rings (SSSR count). The molecule has 158 valence electrons. The quantitative estimate of drug-likeness (QED) is 0.392. The highest BCUT2D eigenvalue weighted by Gasteiger charge is 2.21. The van der Waals surface area contributed by atoms with Crippen LogP contribution in [0.4, 0.5) is 10.8 Å². The molecule has 0 saturated heterocycles. The van der Waals surface area contributed by atoms with Gasteiger partial charge in [0.1, 0.15) is 0 Å². The second-order valence-corrected chi connectivity index (χ2v) is 10.7. The Labute approximate surface area is 184 Å². The van der Waals surface area contributed by atoms with Crippen molar-refractivity contribution in [3.05, 3.63) is 58.7 Å². The van der Waals surface area contributed by atoms with Crippen LogP contribution in [-0.2, 0) is 10.0 Å². The highest BCUT2D eigenvalue weighted by Crippen LogP contribution is 2.27. The summed E-state index contributed by atoms with van der Waals surface area (Å²) >= 11 is 2.81. The number of hydrogen-bond acceptors (Lipinski definition) is 7. The van der Waals surface area contributed by atoms with Crippen molar-refractivity contribution in [3.63, 3.8) is 0 Å². The molecule has 0 atom stereocenters. The molecule has 0 aliphatic rings. The van der Waals surface area contributed by atoms with E-state index in [9.17, 15) is 13.2 Å². The van der Waals surface area contributed by atoms with E-state index in [0.717, 1.165) is 21.2 Å². The van der Waals surface area contributed by atoms with Crippen LogP contribution in [0.5, 0.6) is 0 Å². The first-order valence-electron chi connectivity index (χ1n) is 9.18. The number of carbonyl (C=O) groups is 1. The Balaban J connectivity index is 1.86. The maximum atomic E-state index is 13.0. The Morgan fingerprint density at radius 2 is 1.87 bits per heavy atom. The topological polar surface area (TPSA) is 101 Å². The van der Waals surface area contributed by atoms with Gasteiger partial charge in [-0.3, -0.25) is 14.8 Å². The molecule has 30 heavy (non-hydrogen) atoms.